The number of halogens is 1. The second-order valence-electron chi connectivity index (χ2n) is 9.38. The minimum atomic E-state index is -0.568. The van der Waals surface area contributed by atoms with E-state index in [9.17, 15) is 9.59 Å². The van der Waals surface area contributed by atoms with Crippen molar-refractivity contribution in [1.82, 2.24) is 19.3 Å². The molecule has 9 nitrogen and oxygen atoms in total. The van der Waals surface area contributed by atoms with Crippen LogP contribution in [-0.2, 0) is 23.1 Å². The first-order valence-electron chi connectivity index (χ1n) is 11.9. The second-order valence-corrected chi connectivity index (χ2v) is 9.81. The average Bonchev–Trinajstić information content (AvgIpc) is 3.48. The zero-order valence-electron chi connectivity index (χ0n) is 20.5. The predicted octanol–water partition coefficient (Wildman–Crippen LogP) is 4.29. The minimum Gasteiger partial charge on any atom is -0.352 e. The largest absolute Gasteiger partial charge is 0.352 e. The standard InChI is InChI=1S/C27H24ClN7O2/c1-14-25-22(13-34(14)3)35-15(2)32-33-27(35)21(31-26(25)16-4-6-18(28)7-5-16)12-24(37)29-19-8-9-20-17(10-19)11-23(36)30-20/h4-10,13,21H,11-12H2,1-3H3,(H,29,37)(H,30,36)/t21-/m0/s1. The molecule has 0 aliphatic carbocycles. The number of nitrogens with zero attached hydrogens (tertiary/aromatic N) is 5. The van der Waals surface area contributed by atoms with Gasteiger partial charge in [0.2, 0.25) is 11.8 Å². The van der Waals surface area contributed by atoms with Crippen LogP contribution in [0, 0.1) is 13.8 Å². The monoisotopic (exact) mass is 513 g/mol. The van der Waals surface area contributed by atoms with Crippen LogP contribution in [0.25, 0.3) is 5.69 Å². The van der Waals surface area contributed by atoms with Gasteiger partial charge in [0.05, 0.1) is 24.2 Å². The summed E-state index contributed by atoms with van der Waals surface area (Å²) >= 11 is 6.17. The Morgan fingerprint density at radius 3 is 2.73 bits per heavy atom. The lowest BCUT2D eigenvalue weighted by molar-refractivity contribution is -0.116. The topological polar surface area (TPSA) is 106 Å². The van der Waals surface area contributed by atoms with Crippen molar-refractivity contribution < 1.29 is 9.59 Å². The van der Waals surface area contributed by atoms with Gasteiger partial charge >= 0.3 is 0 Å². The molecule has 6 rings (SSSR count). The highest BCUT2D eigenvalue weighted by atomic mass is 35.5. The van der Waals surface area contributed by atoms with E-state index < -0.39 is 6.04 Å². The summed E-state index contributed by atoms with van der Waals surface area (Å²) in [6.07, 6.45) is 2.41. The van der Waals surface area contributed by atoms with Crippen molar-refractivity contribution in [2.24, 2.45) is 12.0 Å². The van der Waals surface area contributed by atoms with Crippen molar-refractivity contribution in [3.8, 4) is 5.69 Å². The van der Waals surface area contributed by atoms with E-state index in [2.05, 4.69) is 25.4 Å². The van der Waals surface area contributed by atoms with E-state index in [1.165, 1.54) is 0 Å². The summed E-state index contributed by atoms with van der Waals surface area (Å²) < 4.78 is 4.04. The maximum absolute atomic E-state index is 13.3. The van der Waals surface area contributed by atoms with Crippen molar-refractivity contribution in [1.29, 1.82) is 0 Å². The number of benzene rings is 2. The molecule has 2 N–H and O–H groups in total. The summed E-state index contributed by atoms with van der Waals surface area (Å²) in [5, 5.41) is 15.2. The Balaban J connectivity index is 1.40. The van der Waals surface area contributed by atoms with Crippen molar-refractivity contribution in [2.45, 2.75) is 32.7 Å². The molecule has 2 aromatic heterocycles. The first-order chi connectivity index (χ1) is 17.8. The molecular weight excluding hydrogens is 490 g/mol. The summed E-state index contributed by atoms with van der Waals surface area (Å²) in [6.45, 7) is 3.94. The molecule has 1 atom stereocenters. The molecule has 0 bridgehead atoms. The van der Waals surface area contributed by atoms with Gasteiger partial charge < -0.3 is 15.2 Å². The number of aliphatic imine (C=N–C) groups is 1. The van der Waals surface area contributed by atoms with E-state index in [1.54, 1.807) is 12.1 Å². The zero-order valence-corrected chi connectivity index (χ0v) is 21.3. The van der Waals surface area contributed by atoms with Crippen molar-refractivity contribution in [3.05, 3.63) is 87.7 Å². The van der Waals surface area contributed by atoms with Gasteiger partial charge in [-0.1, -0.05) is 23.7 Å². The highest BCUT2D eigenvalue weighted by molar-refractivity contribution is 6.30. The Hall–Kier alpha value is -4.24. The van der Waals surface area contributed by atoms with Crippen molar-refractivity contribution in [3.63, 3.8) is 0 Å². The summed E-state index contributed by atoms with van der Waals surface area (Å²) in [5.41, 5.74) is 6.87. The maximum atomic E-state index is 13.3. The molecule has 4 aromatic rings. The molecule has 0 spiro atoms. The number of amides is 2. The Morgan fingerprint density at radius 1 is 1.16 bits per heavy atom. The number of nitrogens with one attached hydrogen (secondary N) is 2. The van der Waals surface area contributed by atoms with Gasteiger partial charge in [-0.05, 0) is 49.7 Å². The van der Waals surface area contributed by atoms with Crippen LogP contribution in [0.1, 0.15) is 46.5 Å². The van der Waals surface area contributed by atoms with E-state index in [0.717, 1.165) is 45.3 Å². The fourth-order valence-electron chi connectivity index (χ4n) is 5.00. The van der Waals surface area contributed by atoms with Crippen LogP contribution in [0.2, 0.25) is 5.02 Å². The fourth-order valence-corrected chi connectivity index (χ4v) is 5.12. The average molecular weight is 514 g/mol. The number of carbonyl (C=O) groups excluding carboxylic acids is 2. The van der Waals surface area contributed by atoms with E-state index in [1.807, 2.05) is 62.0 Å². The molecule has 186 valence electrons. The summed E-state index contributed by atoms with van der Waals surface area (Å²) in [7, 11) is 1.99. The molecular formula is C27H24ClN7O2. The Kier molecular flexibility index (Phi) is 5.45. The first-order valence-corrected chi connectivity index (χ1v) is 12.3. The van der Waals surface area contributed by atoms with Gasteiger partial charge in [0, 0.05) is 46.5 Å². The van der Waals surface area contributed by atoms with Crippen LogP contribution in [0.4, 0.5) is 11.4 Å². The van der Waals surface area contributed by atoms with Crippen LogP contribution in [0.5, 0.6) is 0 Å². The summed E-state index contributed by atoms with van der Waals surface area (Å²) in [6, 6.07) is 12.4. The first kappa shape index (κ1) is 23.2. The van der Waals surface area contributed by atoms with Crippen LogP contribution in [0.15, 0.2) is 53.7 Å². The third-order valence-corrected chi connectivity index (χ3v) is 7.14. The van der Waals surface area contributed by atoms with E-state index in [0.29, 0.717) is 23.0 Å². The lowest BCUT2D eigenvalue weighted by Crippen LogP contribution is -2.17. The predicted molar refractivity (Wildman–Crippen MR) is 142 cm³/mol. The van der Waals surface area contributed by atoms with Crippen LogP contribution < -0.4 is 10.6 Å². The number of rotatable bonds is 4. The highest BCUT2D eigenvalue weighted by Crippen LogP contribution is 2.35. The summed E-state index contributed by atoms with van der Waals surface area (Å²) in [5.74, 6) is 1.06. The highest BCUT2D eigenvalue weighted by Gasteiger charge is 2.32. The smallest absolute Gasteiger partial charge is 0.228 e. The van der Waals surface area contributed by atoms with E-state index in [-0.39, 0.29) is 18.2 Å². The van der Waals surface area contributed by atoms with Crippen LogP contribution >= 0.6 is 11.6 Å². The molecule has 0 saturated carbocycles. The van der Waals surface area contributed by atoms with Gasteiger partial charge in [-0.15, -0.1) is 10.2 Å². The number of hydrogen-bond acceptors (Lipinski definition) is 5. The quantitative estimate of drug-likeness (QED) is 0.424. The molecule has 0 fully saturated rings. The van der Waals surface area contributed by atoms with Crippen LogP contribution in [-0.4, -0.2) is 36.9 Å². The number of aromatic nitrogens is 4. The fraction of sp³-hybridized carbons (Fsp3) is 0.222. The summed E-state index contributed by atoms with van der Waals surface area (Å²) in [4.78, 5) is 30.1. The van der Waals surface area contributed by atoms with Gasteiger partial charge in [0.1, 0.15) is 11.9 Å². The van der Waals surface area contributed by atoms with Gasteiger partial charge in [0.25, 0.3) is 0 Å². The molecule has 2 aliphatic heterocycles. The van der Waals surface area contributed by atoms with E-state index >= 15 is 0 Å². The Labute approximate surface area is 218 Å². The minimum absolute atomic E-state index is 0.0502. The Bertz CT molecular complexity index is 1610. The molecule has 0 saturated heterocycles. The number of aryl methyl sites for hydroxylation is 2. The number of carbonyl (C=O) groups is 2. The van der Waals surface area contributed by atoms with Crippen molar-refractivity contribution >= 4 is 40.5 Å². The maximum Gasteiger partial charge on any atom is 0.228 e. The number of fused-ring (bicyclic) bond motifs is 4. The lowest BCUT2D eigenvalue weighted by atomic mass is 10.0. The molecule has 2 aliphatic rings. The lowest BCUT2D eigenvalue weighted by Gasteiger charge is -2.14. The third kappa shape index (κ3) is 4.01. The van der Waals surface area contributed by atoms with Crippen LogP contribution in [0.3, 0.4) is 0 Å². The molecule has 10 heteroatoms. The molecule has 2 amide bonds. The van der Waals surface area contributed by atoms with Gasteiger partial charge in [-0.3, -0.25) is 19.1 Å². The number of anilines is 2. The van der Waals surface area contributed by atoms with Crippen molar-refractivity contribution in [2.75, 3.05) is 10.6 Å². The SMILES string of the molecule is Cc1c2c(cn1C)-n1c(C)nnc1[C@H](CC(=O)Nc1ccc3c(c1)CC(=O)N3)N=C2c1ccc(Cl)cc1. The molecule has 0 radical (unpaired) electrons. The third-order valence-electron chi connectivity index (χ3n) is 6.88. The van der Waals surface area contributed by atoms with Gasteiger partial charge in [-0.2, -0.15) is 0 Å². The second kappa shape index (κ2) is 8.70. The Morgan fingerprint density at radius 2 is 1.95 bits per heavy atom. The molecule has 0 unspecified atom stereocenters. The number of hydrogen-bond donors (Lipinski definition) is 2. The molecule has 37 heavy (non-hydrogen) atoms. The van der Waals surface area contributed by atoms with Gasteiger partial charge in [0.15, 0.2) is 5.82 Å². The zero-order chi connectivity index (χ0) is 25.8. The molecule has 4 heterocycles. The normalized spacial score (nSPS) is 15.8. The molecule has 2 aromatic carbocycles. The van der Waals surface area contributed by atoms with Gasteiger partial charge in [-0.25, -0.2) is 0 Å². The van der Waals surface area contributed by atoms with E-state index in [4.69, 9.17) is 16.6 Å².